The number of halogens is 9. The Bertz CT molecular complexity index is 1180. The first-order valence-electron chi connectivity index (χ1n) is 11.6. The second-order valence-corrected chi connectivity index (χ2v) is 9.33. The normalized spacial score (nSPS) is 24.7. The van der Waals surface area contributed by atoms with Crippen LogP contribution >= 0.6 is 0 Å². The van der Waals surface area contributed by atoms with Crippen molar-refractivity contribution in [3.63, 3.8) is 0 Å². The number of fused-ring (bicyclic) bond motifs is 2. The molecule has 2 aromatic rings. The fourth-order valence-electron chi connectivity index (χ4n) is 4.96. The lowest BCUT2D eigenvalue weighted by Gasteiger charge is -2.42. The van der Waals surface area contributed by atoms with Crippen LogP contribution in [0.5, 0.6) is 0 Å². The average molecular weight is 587 g/mol. The molecule has 2 aliphatic rings. The molecule has 2 bridgehead atoms. The fourth-order valence-corrected chi connectivity index (χ4v) is 4.96. The van der Waals surface area contributed by atoms with Gasteiger partial charge < -0.3 is 20.3 Å². The van der Waals surface area contributed by atoms with Gasteiger partial charge in [0.2, 0.25) is 0 Å². The SMILES string of the molecule is O=C(O)C(F)(F)F.O=C(O)C1CC2(c3ccccc3)NC1CCC2OCc1cc(C(F)(F)F)cc(C(F)(F)F)c1. The summed E-state index contributed by atoms with van der Waals surface area (Å²) in [4.78, 5) is 20.7. The van der Waals surface area contributed by atoms with Gasteiger partial charge in [-0.15, -0.1) is 0 Å². The smallest absolute Gasteiger partial charge is 0.481 e. The van der Waals surface area contributed by atoms with E-state index < -0.39 is 65.8 Å². The molecule has 0 amide bonds. The van der Waals surface area contributed by atoms with Crippen LogP contribution in [0, 0.1) is 5.92 Å². The van der Waals surface area contributed by atoms with Crippen molar-refractivity contribution in [1.29, 1.82) is 0 Å². The summed E-state index contributed by atoms with van der Waals surface area (Å²) in [5.41, 5.74) is -3.19. The molecule has 15 heteroatoms. The Balaban J connectivity index is 0.000000559. The molecule has 0 saturated carbocycles. The molecule has 4 rings (SSSR count). The van der Waals surface area contributed by atoms with Crippen molar-refractivity contribution in [1.82, 2.24) is 5.32 Å². The molecule has 0 aromatic heterocycles. The van der Waals surface area contributed by atoms with Gasteiger partial charge in [0.15, 0.2) is 0 Å². The topological polar surface area (TPSA) is 95.9 Å². The molecule has 0 aliphatic carbocycles. The van der Waals surface area contributed by atoms with E-state index in [4.69, 9.17) is 14.6 Å². The summed E-state index contributed by atoms with van der Waals surface area (Å²) in [5.74, 6) is -4.39. The molecular weight excluding hydrogens is 565 g/mol. The Kier molecular flexibility index (Phi) is 8.79. The van der Waals surface area contributed by atoms with Gasteiger partial charge in [0.05, 0.1) is 35.3 Å². The zero-order valence-corrected chi connectivity index (χ0v) is 20.2. The Morgan fingerprint density at radius 1 is 0.875 bits per heavy atom. The van der Waals surface area contributed by atoms with Crippen LogP contribution in [0.25, 0.3) is 0 Å². The van der Waals surface area contributed by atoms with E-state index in [1.165, 1.54) is 0 Å². The highest BCUT2D eigenvalue weighted by Crippen LogP contribution is 2.48. The van der Waals surface area contributed by atoms with E-state index in [1.54, 1.807) is 18.2 Å². The Morgan fingerprint density at radius 2 is 1.40 bits per heavy atom. The highest BCUT2D eigenvalue weighted by atomic mass is 19.4. The van der Waals surface area contributed by atoms with Crippen LogP contribution in [0.1, 0.15) is 41.5 Å². The van der Waals surface area contributed by atoms with Gasteiger partial charge in [0.25, 0.3) is 0 Å². The molecule has 4 atom stereocenters. The monoisotopic (exact) mass is 587 g/mol. The lowest BCUT2D eigenvalue weighted by molar-refractivity contribution is -0.192. The van der Waals surface area contributed by atoms with Gasteiger partial charge in [0, 0.05) is 6.04 Å². The van der Waals surface area contributed by atoms with Gasteiger partial charge in [-0.05, 0) is 48.6 Å². The maximum Gasteiger partial charge on any atom is 0.490 e. The highest BCUT2D eigenvalue weighted by Gasteiger charge is 2.56. The van der Waals surface area contributed by atoms with Crippen molar-refractivity contribution >= 4 is 11.9 Å². The number of piperidine rings is 1. The summed E-state index contributed by atoms with van der Waals surface area (Å²) in [6, 6.07) is 10.1. The summed E-state index contributed by atoms with van der Waals surface area (Å²) in [6.45, 7) is -0.476. The summed E-state index contributed by atoms with van der Waals surface area (Å²) in [7, 11) is 0. The van der Waals surface area contributed by atoms with Gasteiger partial charge >= 0.3 is 30.5 Å². The van der Waals surface area contributed by atoms with E-state index in [-0.39, 0.29) is 24.1 Å². The predicted molar refractivity (Wildman–Crippen MR) is 119 cm³/mol. The van der Waals surface area contributed by atoms with Crippen molar-refractivity contribution < 1.29 is 64.1 Å². The third kappa shape index (κ3) is 7.05. The summed E-state index contributed by atoms with van der Waals surface area (Å²) in [5, 5.41) is 20.1. The van der Waals surface area contributed by atoms with Crippen molar-refractivity contribution in [2.24, 2.45) is 5.92 Å². The van der Waals surface area contributed by atoms with Crippen LogP contribution in [-0.4, -0.2) is 40.5 Å². The lowest BCUT2D eigenvalue weighted by Crippen LogP contribution is -2.54. The predicted octanol–water partition coefficient (Wildman–Crippen LogP) is 5.99. The van der Waals surface area contributed by atoms with Gasteiger partial charge in [-0.3, -0.25) is 4.79 Å². The van der Waals surface area contributed by atoms with Crippen LogP contribution in [0.2, 0.25) is 0 Å². The van der Waals surface area contributed by atoms with Crippen molar-refractivity contribution in [3.8, 4) is 0 Å². The Hall–Kier alpha value is -3.33. The first kappa shape index (κ1) is 31.2. The molecule has 4 unspecified atom stereocenters. The summed E-state index contributed by atoms with van der Waals surface area (Å²) in [6.07, 6.45) is -14.5. The number of carbonyl (C=O) groups is 2. The summed E-state index contributed by atoms with van der Waals surface area (Å²) >= 11 is 0. The standard InChI is InChI=1S/C23H21F6NO3.C2HF3O2/c24-22(25,26)15-8-13(9-16(10-15)23(27,28)29)12-33-19-7-6-18-17(20(31)32)11-21(19,30-18)14-4-2-1-3-5-14;3-2(4,5)1(6)7/h1-5,8-10,17-19,30H,6-7,11-12H2,(H,31,32);(H,6,7). The van der Waals surface area contributed by atoms with E-state index in [9.17, 15) is 49.4 Å². The van der Waals surface area contributed by atoms with Crippen LogP contribution in [0.4, 0.5) is 39.5 Å². The zero-order valence-electron chi connectivity index (χ0n) is 20.2. The van der Waals surface area contributed by atoms with Crippen molar-refractivity contribution in [2.45, 2.75) is 62.1 Å². The molecule has 40 heavy (non-hydrogen) atoms. The maximum atomic E-state index is 13.2. The molecular formula is C25H22F9NO5. The number of carboxylic acids is 2. The van der Waals surface area contributed by atoms with Crippen molar-refractivity contribution in [2.75, 3.05) is 0 Å². The number of carboxylic acid groups (broad SMARTS) is 2. The van der Waals surface area contributed by atoms with E-state index in [2.05, 4.69) is 5.32 Å². The quantitative estimate of drug-likeness (QED) is 0.372. The molecule has 6 nitrogen and oxygen atoms in total. The molecule has 0 radical (unpaired) electrons. The van der Waals surface area contributed by atoms with Gasteiger partial charge in [-0.2, -0.15) is 39.5 Å². The number of hydrogen-bond acceptors (Lipinski definition) is 4. The van der Waals surface area contributed by atoms with Gasteiger partial charge in [-0.1, -0.05) is 30.3 Å². The van der Waals surface area contributed by atoms with Crippen LogP contribution in [0.3, 0.4) is 0 Å². The molecule has 2 fully saturated rings. The summed E-state index contributed by atoms with van der Waals surface area (Å²) < 4.78 is 117. The second-order valence-electron chi connectivity index (χ2n) is 9.33. The van der Waals surface area contributed by atoms with Crippen LogP contribution in [0.15, 0.2) is 48.5 Å². The van der Waals surface area contributed by atoms with E-state index >= 15 is 0 Å². The minimum atomic E-state index is -5.08. The van der Waals surface area contributed by atoms with Gasteiger partial charge in [0.1, 0.15) is 0 Å². The van der Waals surface area contributed by atoms with E-state index in [0.29, 0.717) is 25.0 Å². The number of hydrogen-bond donors (Lipinski definition) is 3. The minimum Gasteiger partial charge on any atom is -0.481 e. The molecule has 3 N–H and O–H groups in total. The third-order valence-electron chi connectivity index (χ3n) is 6.71. The fraction of sp³-hybridized carbons (Fsp3) is 0.440. The van der Waals surface area contributed by atoms with Crippen molar-refractivity contribution in [3.05, 3.63) is 70.8 Å². The number of rotatable bonds is 5. The molecule has 2 heterocycles. The molecule has 220 valence electrons. The lowest BCUT2D eigenvalue weighted by atomic mass is 9.80. The first-order chi connectivity index (χ1) is 18.3. The Labute approximate surface area is 220 Å². The van der Waals surface area contributed by atoms with E-state index in [1.807, 2.05) is 12.1 Å². The van der Waals surface area contributed by atoms with Crippen LogP contribution < -0.4 is 5.32 Å². The molecule has 2 saturated heterocycles. The first-order valence-corrected chi connectivity index (χ1v) is 11.6. The number of benzene rings is 2. The van der Waals surface area contributed by atoms with Crippen LogP contribution in [-0.2, 0) is 38.8 Å². The Morgan fingerprint density at radius 3 is 1.85 bits per heavy atom. The van der Waals surface area contributed by atoms with Gasteiger partial charge in [-0.25, -0.2) is 4.79 Å². The number of alkyl halides is 9. The molecule has 0 spiro atoms. The number of ether oxygens (including phenoxy) is 1. The number of nitrogens with one attached hydrogen (secondary N) is 1. The minimum absolute atomic E-state index is 0.0795. The maximum absolute atomic E-state index is 13.2. The third-order valence-corrected chi connectivity index (χ3v) is 6.71. The second kappa shape index (κ2) is 11.3. The van der Waals surface area contributed by atoms with E-state index in [0.717, 1.165) is 5.56 Å². The molecule has 2 aromatic carbocycles. The average Bonchev–Trinajstić information content (AvgIpc) is 3.17. The molecule has 2 aliphatic heterocycles. The zero-order chi connectivity index (χ0) is 30.1. The highest BCUT2D eigenvalue weighted by molar-refractivity contribution is 5.73. The number of aliphatic carboxylic acids is 2. The largest absolute Gasteiger partial charge is 0.490 e.